The van der Waals surface area contributed by atoms with Gasteiger partial charge in [0.1, 0.15) is 0 Å². The van der Waals surface area contributed by atoms with Crippen LogP contribution in [0.15, 0.2) is 0 Å². The first-order valence-electron chi connectivity index (χ1n) is 5.53. The molecule has 2 N–H and O–H groups in total. The SMILES string of the molecule is CCC(CC)NCCSCC(C)(C)O. The summed E-state index contributed by atoms with van der Waals surface area (Å²) >= 11 is 1.81. The van der Waals surface area contributed by atoms with E-state index in [1.807, 2.05) is 25.6 Å². The Labute approximate surface area is 92.9 Å². The normalized spacial score (nSPS) is 12.4. The number of hydrogen-bond donors (Lipinski definition) is 2. The van der Waals surface area contributed by atoms with E-state index in [0.717, 1.165) is 18.1 Å². The molecule has 0 radical (unpaired) electrons. The zero-order valence-electron chi connectivity index (χ0n) is 9.97. The van der Waals surface area contributed by atoms with Gasteiger partial charge in [0.2, 0.25) is 0 Å². The summed E-state index contributed by atoms with van der Waals surface area (Å²) < 4.78 is 0. The van der Waals surface area contributed by atoms with Crippen LogP contribution in [0, 0.1) is 0 Å². The topological polar surface area (TPSA) is 32.3 Å². The molecule has 0 heterocycles. The predicted octanol–water partition coefficient (Wildman–Crippen LogP) is 2.27. The van der Waals surface area contributed by atoms with Gasteiger partial charge in [-0.2, -0.15) is 11.8 Å². The highest BCUT2D eigenvalue weighted by atomic mass is 32.2. The van der Waals surface area contributed by atoms with Crippen molar-refractivity contribution in [2.45, 2.75) is 52.2 Å². The van der Waals surface area contributed by atoms with Gasteiger partial charge >= 0.3 is 0 Å². The lowest BCUT2D eigenvalue weighted by molar-refractivity contribution is 0.107. The van der Waals surface area contributed by atoms with E-state index in [0.29, 0.717) is 6.04 Å². The van der Waals surface area contributed by atoms with Gasteiger partial charge in [0.15, 0.2) is 0 Å². The Kier molecular flexibility index (Phi) is 7.69. The van der Waals surface area contributed by atoms with Gasteiger partial charge in [0.25, 0.3) is 0 Å². The smallest absolute Gasteiger partial charge is 0.0681 e. The van der Waals surface area contributed by atoms with Crippen LogP contribution in [0.1, 0.15) is 40.5 Å². The maximum absolute atomic E-state index is 9.48. The number of nitrogens with one attached hydrogen (secondary N) is 1. The summed E-state index contributed by atoms with van der Waals surface area (Å²) in [7, 11) is 0. The van der Waals surface area contributed by atoms with Crippen LogP contribution in [-0.2, 0) is 0 Å². The fourth-order valence-electron chi connectivity index (χ4n) is 1.23. The van der Waals surface area contributed by atoms with Crippen molar-refractivity contribution in [3.8, 4) is 0 Å². The molecule has 0 saturated carbocycles. The van der Waals surface area contributed by atoms with Crippen LogP contribution >= 0.6 is 11.8 Å². The van der Waals surface area contributed by atoms with Crippen molar-refractivity contribution < 1.29 is 5.11 Å². The molecule has 3 heteroatoms. The third-order valence-electron chi connectivity index (χ3n) is 2.12. The van der Waals surface area contributed by atoms with E-state index in [1.54, 1.807) is 0 Å². The minimum atomic E-state index is -0.528. The molecule has 0 unspecified atom stereocenters. The zero-order valence-corrected chi connectivity index (χ0v) is 10.8. The highest BCUT2D eigenvalue weighted by Gasteiger charge is 2.11. The Morgan fingerprint density at radius 1 is 1.29 bits per heavy atom. The van der Waals surface area contributed by atoms with Crippen LogP contribution in [0.25, 0.3) is 0 Å². The van der Waals surface area contributed by atoms with Crippen LogP contribution in [0.2, 0.25) is 0 Å². The summed E-state index contributed by atoms with van der Waals surface area (Å²) in [5.41, 5.74) is -0.528. The molecule has 0 aromatic carbocycles. The van der Waals surface area contributed by atoms with Crippen molar-refractivity contribution in [3.05, 3.63) is 0 Å². The molecule has 86 valence electrons. The molecule has 0 aromatic rings. The molecule has 0 fully saturated rings. The highest BCUT2D eigenvalue weighted by molar-refractivity contribution is 7.99. The van der Waals surface area contributed by atoms with Gasteiger partial charge in [-0.3, -0.25) is 0 Å². The van der Waals surface area contributed by atoms with Gasteiger partial charge in [0, 0.05) is 24.1 Å². The van der Waals surface area contributed by atoms with E-state index in [4.69, 9.17) is 0 Å². The van der Waals surface area contributed by atoms with Crippen LogP contribution in [0.5, 0.6) is 0 Å². The quantitative estimate of drug-likeness (QED) is 0.614. The van der Waals surface area contributed by atoms with Crippen molar-refractivity contribution in [1.29, 1.82) is 0 Å². The molecule has 0 bridgehead atoms. The second kappa shape index (κ2) is 7.55. The van der Waals surface area contributed by atoms with Crippen LogP contribution in [0.3, 0.4) is 0 Å². The minimum absolute atomic E-state index is 0.528. The van der Waals surface area contributed by atoms with Gasteiger partial charge in [-0.25, -0.2) is 0 Å². The molecular weight excluding hydrogens is 194 g/mol. The summed E-state index contributed by atoms with van der Waals surface area (Å²) in [5, 5.41) is 13.0. The van der Waals surface area contributed by atoms with E-state index in [9.17, 15) is 5.11 Å². The van der Waals surface area contributed by atoms with Crippen LogP contribution < -0.4 is 5.32 Å². The first-order chi connectivity index (χ1) is 6.49. The van der Waals surface area contributed by atoms with E-state index in [1.165, 1.54) is 12.8 Å². The molecule has 0 saturated heterocycles. The summed E-state index contributed by atoms with van der Waals surface area (Å²) in [4.78, 5) is 0. The van der Waals surface area contributed by atoms with Crippen molar-refractivity contribution >= 4 is 11.8 Å². The third-order valence-corrected chi connectivity index (χ3v) is 3.52. The lowest BCUT2D eigenvalue weighted by atomic mass is 10.2. The summed E-state index contributed by atoms with van der Waals surface area (Å²) in [6.45, 7) is 9.19. The maximum atomic E-state index is 9.48. The number of hydrogen-bond acceptors (Lipinski definition) is 3. The summed E-state index contributed by atoms with van der Waals surface area (Å²) in [5.74, 6) is 1.90. The first-order valence-corrected chi connectivity index (χ1v) is 6.68. The molecule has 14 heavy (non-hydrogen) atoms. The van der Waals surface area contributed by atoms with Crippen molar-refractivity contribution in [1.82, 2.24) is 5.32 Å². The Hall–Kier alpha value is 0.270. The minimum Gasteiger partial charge on any atom is -0.390 e. The van der Waals surface area contributed by atoms with E-state index in [-0.39, 0.29) is 0 Å². The van der Waals surface area contributed by atoms with Crippen molar-refractivity contribution in [3.63, 3.8) is 0 Å². The Bertz CT molecular complexity index is 130. The number of thioether (sulfide) groups is 1. The second-order valence-electron chi connectivity index (χ2n) is 4.33. The van der Waals surface area contributed by atoms with Gasteiger partial charge in [-0.05, 0) is 26.7 Å². The molecular formula is C11H25NOS. The van der Waals surface area contributed by atoms with Crippen molar-refractivity contribution in [2.75, 3.05) is 18.1 Å². The third kappa shape index (κ3) is 8.85. The highest BCUT2D eigenvalue weighted by Crippen LogP contribution is 2.11. The molecule has 0 aliphatic rings. The lowest BCUT2D eigenvalue weighted by Gasteiger charge is -2.17. The average molecular weight is 219 g/mol. The maximum Gasteiger partial charge on any atom is 0.0681 e. The average Bonchev–Trinajstić information content (AvgIpc) is 2.09. The summed E-state index contributed by atoms with van der Waals surface area (Å²) in [6.07, 6.45) is 2.40. The van der Waals surface area contributed by atoms with E-state index < -0.39 is 5.60 Å². The zero-order chi connectivity index (χ0) is 11.0. The first kappa shape index (κ1) is 14.3. The fourth-order valence-corrected chi connectivity index (χ4v) is 2.14. The number of aliphatic hydroxyl groups is 1. The summed E-state index contributed by atoms with van der Waals surface area (Å²) in [6, 6.07) is 0.665. The molecule has 2 nitrogen and oxygen atoms in total. The largest absolute Gasteiger partial charge is 0.390 e. The van der Waals surface area contributed by atoms with Gasteiger partial charge in [-0.1, -0.05) is 13.8 Å². The van der Waals surface area contributed by atoms with Crippen molar-refractivity contribution in [2.24, 2.45) is 0 Å². The Morgan fingerprint density at radius 3 is 2.29 bits per heavy atom. The fraction of sp³-hybridized carbons (Fsp3) is 1.00. The van der Waals surface area contributed by atoms with Gasteiger partial charge in [-0.15, -0.1) is 0 Å². The lowest BCUT2D eigenvalue weighted by Crippen LogP contribution is -2.30. The standard InChI is InChI=1S/C11H25NOS/c1-5-10(6-2)12-7-8-14-9-11(3,4)13/h10,12-13H,5-9H2,1-4H3. The predicted molar refractivity (Wildman–Crippen MR) is 66.0 cm³/mol. The molecule has 0 spiro atoms. The second-order valence-corrected chi connectivity index (χ2v) is 5.44. The van der Waals surface area contributed by atoms with Gasteiger partial charge < -0.3 is 10.4 Å². The molecule has 0 atom stereocenters. The van der Waals surface area contributed by atoms with E-state index >= 15 is 0 Å². The molecule has 0 aliphatic heterocycles. The Balaban J connectivity index is 3.29. The monoisotopic (exact) mass is 219 g/mol. The molecule has 0 amide bonds. The molecule has 0 rings (SSSR count). The Morgan fingerprint density at radius 2 is 1.86 bits per heavy atom. The molecule has 0 aromatic heterocycles. The molecule has 0 aliphatic carbocycles. The van der Waals surface area contributed by atoms with Crippen LogP contribution in [-0.4, -0.2) is 34.8 Å². The van der Waals surface area contributed by atoms with Crippen LogP contribution in [0.4, 0.5) is 0 Å². The van der Waals surface area contributed by atoms with Gasteiger partial charge in [0.05, 0.1) is 5.60 Å². The number of rotatable bonds is 8. The van der Waals surface area contributed by atoms with E-state index in [2.05, 4.69) is 19.2 Å².